The third kappa shape index (κ3) is 3.80. The van der Waals surface area contributed by atoms with Gasteiger partial charge in [-0.2, -0.15) is 0 Å². The zero-order valence-electron chi connectivity index (χ0n) is 11.6. The number of rotatable bonds is 2. The Morgan fingerprint density at radius 2 is 1.67 bits per heavy atom. The molecule has 5 nitrogen and oxygen atoms in total. The maximum absolute atomic E-state index is 5.94. The van der Waals surface area contributed by atoms with Gasteiger partial charge < -0.3 is 10.2 Å². The predicted octanol–water partition coefficient (Wildman–Crippen LogP) is 2.48. The highest BCUT2D eigenvalue weighted by molar-refractivity contribution is 6.30. The molecule has 1 aliphatic rings. The fourth-order valence-electron chi connectivity index (χ4n) is 2.31. The zero-order valence-corrected chi connectivity index (χ0v) is 14.0. The van der Waals surface area contributed by atoms with Crippen LogP contribution < -0.4 is 10.2 Å². The average Bonchev–Trinajstić information content (AvgIpc) is 2.83. The molecule has 2 aromatic rings. The van der Waals surface area contributed by atoms with Gasteiger partial charge in [0, 0.05) is 31.2 Å². The van der Waals surface area contributed by atoms with E-state index in [0.29, 0.717) is 0 Å². The minimum absolute atomic E-state index is 0. The molecule has 116 valence electrons. The van der Waals surface area contributed by atoms with Crippen LogP contribution in [0.25, 0.3) is 5.69 Å². The van der Waals surface area contributed by atoms with E-state index < -0.39 is 0 Å². The SMILES string of the molecule is Cc1nnc(N2CCNCC2)n1-c1ccc(Cl)cc1.Cl.Cl. The lowest BCUT2D eigenvalue weighted by atomic mass is 10.3. The summed E-state index contributed by atoms with van der Waals surface area (Å²) in [5.41, 5.74) is 1.04. The first-order chi connectivity index (χ1) is 9.25. The van der Waals surface area contributed by atoms with Crippen molar-refractivity contribution in [1.82, 2.24) is 20.1 Å². The lowest BCUT2D eigenvalue weighted by Crippen LogP contribution is -2.44. The van der Waals surface area contributed by atoms with E-state index in [4.69, 9.17) is 11.6 Å². The van der Waals surface area contributed by atoms with Crippen LogP contribution in [0, 0.1) is 6.92 Å². The van der Waals surface area contributed by atoms with Crippen LogP contribution in [0.3, 0.4) is 0 Å². The molecule has 21 heavy (non-hydrogen) atoms. The van der Waals surface area contributed by atoms with E-state index in [2.05, 4.69) is 25.0 Å². The minimum Gasteiger partial charge on any atom is -0.338 e. The fraction of sp³-hybridized carbons (Fsp3) is 0.385. The molecule has 1 aromatic carbocycles. The van der Waals surface area contributed by atoms with E-state index in [1.165, 1.54) is 0 Å². The Morgan fingerprint density at radius 3 is 2.29 bits per heavy atom. The lowest BCUT2D eigenvalue weighted by Gasteiger charge is -2.28. The third-order valence-corrected chi connectivity index (χ3v) is 3.54. The van der Waals surface area contributed by atoms with Gasteiger partial charge in [0.1, 0.15) is 5.82 Å². The molecule has 0 spiro atoms. The van der Waals surface area contributed by atoms with E-state index in [9.17, 15) is 0 Å². The fourth-order valence-corrected chi connectivity index (χ4v) is 2.44. The molecule has 0 atom stereocenters. The highest BCUT2D eigenvalue weighted by atomic mass is 35.5. The molecule has 0 unspecified atom stereocenters. The number of nitrogens with one attached hydrogen (secondary N) is 1. The summed E-state index contributed by atoms with van der Waals surface area (Å²) in [6.07, 6.45) is 0. The largest absolute Gasteiger partial charge is 0.338 e. The van der Waals surface area contributed by atoms with Gasteiger partial charge >= 0.3 is 0 Å². The Bertz CT molecular complexity index is 564. The highest BCUT2D eigenvalue weighted by Gasteiger charge is 2.19. The van der Waals surface area contributed by atoms with E-state index in [0.717, 1.165) is 48.7 Å². The van der Waals surface area contributed by atoms with E-state index in [1.807, 2.05) is 31.2 Å². The summed E-state index contributed by atoms with van der Waals surface area (Å²) in [5, 5.41) is 12.6. The number of hydrogen-bond acceptors (Lipinski definition) is 4. The number of halogens is 3. The molecule has 1 N–H and O–H groups in total. The van der Waals surface area contributed by atoms with Gasteiger partial charge in [0.2, 0.25) is 5.95 Å². The Labute approximate surface area is 141 Å². The standard InChI is InChI=1S/C13H16ClN5.2ClH/c1-10-16-17-13(18-8-6-15-7-9-18)19(10)12-4-2-11(14)3-5-12;;/h2-5,15H,6-9H2,1H3;2*1H. The molecule has 0 amide bonds. The van der Waals surface area contributed by atoms with Crippen LogP contribution in [0.15, 0.2) is 24.3 Å². The number of piperazine rings is 1. The van der Waals surface area contributed by atoms with Gasteiger partial charge in [-0.05, 0) is 31.2 Å². The van der Waals surface area contributed by atoms with Crippen molar-refractivity contribution in [3.05, 3.63) is 35.1 Å². The highest BCUT2D eigenvalue weighted by Crippen LogP contribution is 2.21. The lowest BCUT2D eigenvalue weighted by molar-refractivity contribution is 0.576. The summed E-state index contributed by atoms with van der Waals surface area (Å²) in [6, 6.07) is 7.75. The number of nitrogens with zero attached hydrogens (tertiary/aromatic N) is 4. The first-order valence-corrected chi connectivity index (χ1v) is 6.77. The number of hydrogen-bond donors (Lipinski definition) is 1. The summed E-state index contributed by atoms with van der Waals surface area (Å²) in [6.45, 7) is 5.82. The average molecular weight is 351 g/mol. The molecular weight excluding hydrogens is 333 g/mol. The van der Waals surface area contributed by atoms with Gasteiger partial charge in [0.25, 0.3) is 0 Å². The Kier molecular flexibility index (Phi) is 6.74. The molecule has 2 heterocycles. The molecular formula is C13H18Cl3N5. The predicted molar refractivity (Wildman–Crippen MR) is 90.7 cm³/mol. The molecule has 0 aliphatic carbocycles. The van der Waals surface area contributed by atoms with Crippen molar-refractivity contribution in [1.29, 1.82) is 0 Å². The number of benzene rings is 1. The summed E-state index contributed by atoms with van der Waals surface area (Å²) < 4.78 is 2.07. The van der Waals surface area contributed by atoms with Crippen LogP contribution in [0.1, 0.15) is 5.82 Å². The molecule has 0 radical (unpaired) electrons. The summed E-state index contributed by atoms with van der Waals surface area (Å²) in [5.74, 6) is 1.79. The summed E-state index contributed by atoms with van der Waals surface area (Å²) in [4.78, 5) is 2.26. The van der Waals surface area contributed by atoms with Gasteiger partial charge in [-0.3, -0.25) is 4.57 Å². The normalized spacial score (nSPS) is 14.3. The number of aromatic nitrogens is 3. The van der Waals surface area contributed by atoms with Crippen molar-refractivity contribution in [2.75, 3.05) is 31.1 Å². The molecule has 0 bridgehead atoms. The first-order valence-electron chi connectivity index (χ1n) is 6.39. The van der Waals surface area contributed by atoms with E-state index in [1.54, 1.807) is 0 Å². The van der Waals surface area contributed by atoms with E-state index in [-0.39, 0.29) is 24.8 Å². The van der Waals surface area contributed by atoms with Crippen LogP contribution in [0.4, 0.5) is 5.95 Å². The zero-order chi connectivity index (χ0) is 13.2. The van der Waals surface area contributed by atoms with Crippen molar-refractivity contribution in [2.24, 2.45) is 0 Å². The molecule has 1 fully saturated rings. The second-order valence-electron chi connectivity index (χ2n) is 4.60. The first kappa shape index (κ1) is 18.0. The van der Waals surface area contributed by atoms with Gasteiger partial charge in [-0.25, -0.2) is 0 Å². The molecule has 1 aromatic heterocycles. The van der Waals surface area contributed by atoms with Crippen molar-refractivity contribution >= 4 is 42.4 Å². The monoisotopic (exact) mass is 349 g/mol. The van der Waals surface area contributed by atoms with Gasteiger partial charge in [0.05, 0.1) is 5.69 Å². The van der Waals surface area contributed by atoms with Crippen LogP contribution in [-0.4, -0.2) is 40.9 Å². The van der Waals surface area contributed by atoms with Crippen LogP contribution in [0.2, 0.25) is 5.02 Å². The van der Waals surface area contributed by atoms with Crippen molar-refractivity contribution in [2.45, 2.75) is 6.92 Å². The van der Waals surface area contributed by atoms with Crippen molar-refractivity contribution in [3.63, 3.8) is 0 Å². The maximum atomic E-state index is 5.94. The number of anilines is 1. The molecule has 0 saturated carbocycles. The Hall–Kier alpha value is -1.01. The molecule has 1 aliphatic heterocycles. The van der Waals surface area contributed by atoms with Crippen molar-refractivity contribution < 1.29 is 0 Å². The van der Waals surface area contributed by atoms with Crippen LogP contribution >= 0.6 is 36.4 Å². The second-order valence-corrected chi connectivity index (χ2v) is 5.03. The molecule has 3 rings (SSSR count). The number of aryl methyl sites for hydroxylation is 1. The van der Waals surface area contributed by atoms with Crippen molar-refractivity contribution in [3.8, 4) is 5.69 Å². The van der Waals surface area contributed by atoms with Gasteiger partial charge in [-0.15, -0.1) is 35.0 Å². The third-order valence-electron chi connectivity index (χ3n) is 3.29. The summed E-state index contributed by atoms with van der Waals surface area (Å²) >= 11 is 5.94. The van der Waals surface area contributed by atoms with Gasteiger partial charge in [0.15, 0.2) is 0 Å². The Morgan fingerprint density at radius 1 is 1.05 bits per heavy atom. The van der Waals surface area contributed by atoms with Crippen LogP contribution in [-0.2, 0) is 0 Å². The van der Waals surface area contributed by atoms with Gasteiger partial charge in [-0.1, -0.05) is 11.6 Å². The second kappa shape index (κ2) is 7.84. The topological polar surface area (TPSA) is 46.0 Å². The Balaban J connectivity index is 0.00000110. The molecule has 8 heteroatoms. The summed E-state index contributed by atoms with van der Waals surface area (Å²) in [7, 11) is 0. The minimum atomic E-state index is 0. The van der Waals surface area contributed by atoms with Crippen LogP contribution in [0.5, 0.6) is 0 Å². The quantitative estimate of drug-likeness (QED) is 0.904. The van der Waals surface area contributed by atoms with E-state index >= 15 is 0 Å². The maximum Gasteiger partial charge on any atom is 0.231 e. The molecule has 1 saturated heterocycles. The smallest absolute Gasteiger partial charge is 0.231 e.